The maximum absolute atomic E-state index is 12.1. The molecule has 1 N–H and O–H groups in total. The van der Waals surface area contributed by atoms with Crippen LogP contribution in [0.1, 0.15) is 53.4 Å². The predicted octanol–water partition coefficient (Wildman–Crippen LogP) is 4.18. The Bertz CT molecular complexity index is 705. The summed E-state index contributed by atoms with van der Waals surface area (Å²) >= 11 is 0. The van der Waals surface area contributed by atoms with Crippen molar-refractivity contribution in [2.24, 2.45) is 10.8 Å². The fourth-order valence-electron chi connectivity index (χ4n) is 3.32. The van der Waals surface area contributed by atoms with E-state index in [0.717, 1.165) is 0 Å². The molecule has 4 heteroatoms. The minimum Gasteiger partial charge on any atom is -0.512 e. The van der Waals surface area contributed by atoms with Crippen LogP contribution in [0.15, 0.2) is 47.3 Å². The van der Waals surface area contributed by atoms with E-state index in [4.69, 9.17) is 0 Å². The second kappa shape index (κ2) is 6.95. The van der Waals surface area contributed by atoms with E-state index in [1.807, 2.05) is 27.7 Å². The highest BCUT2D eigenvalue weighted by molar-refractivity contribution is 6.22. The molecule has 2 rings (SSSR count). The number of Topliss-reactive ketones (excluding diaryl/α,β-unsaturated/α-hetero) is 3. The third-order valence-electron chi connectivity index (χ3n) is 4.52. The zero-order chi connectivity index (χ0) is 18.8. The first-order valence-electron chi connectivity index (χ1n) is 8.58. The second-order valence-corrected chi connectivity index (χ2v) is 8.49. The lowest BCUT2D eigenvalue weighted by atomic mass is 9.74. The molecule has 25 heavy (non-hydrogen) atoms. The number of hydrogen-bond acceptors (Lipinski definition) is 4. The molecule has 2 aliphatic carbocycles. The summed E-state index contributed by atoms with van der Waals surface area (Å²) in [6, 6.07) is 0. The van der Waals surface area contributed by atoms with Gasteiger partial charge in [0.05, 0.1) is 11.1 Å². The van der Waals surface area contributed by atoms with Gasteiger partial charge in [0.15, 0.2) is 17.3 Å². The monoisotopic (exact) mass is 342 g/mol. The number of aliphatic hydroxyl groups excluding tert-OH is 1. The summed E-state index contributed by atoms with van der Waals surface area (Å²) in [6.07, 6.45) is 9.66. The summed E-state index contributed by atoms with van der Waals surface area (Å²) in [7, 11) is 0. The Hall–Kier alpha value is -2.23. The van der Waals surface area contributed by atoms with Gasteiger partial charge in [-0.1, -0.05) is 45.9 Å². The Balaban J connectivity index is 2.06. The molecule has 0 heterocycles. The molecule has 0 aromatic heterocycles. The maximum Gasteiger partial charge on any atom is 0.166 e. The molecule has 0 amide bonds. The molecule has 0 spiro atoms. The molecule has 2 aliphatic rings. The van der Waals surface area contributed by atoms with Gasteiger partial charge in [-0.25, -0.2) is 0 Å². The van der Waals surface area contributed by atoms with Gasteiger partial charge in [0, 0.05) is 25.7 Å². The number of ketones is 3. The molecular formula is C21H26O4. The largest absolute Gasteiger partial charge is 0.512 e. The Morgan fingerprint density at radius 1 is 0.760 bits per heavy atom. The van der Waals surface area contributed by atoms with Crippen molar-refractivity contribution in [2.45, 2.75) is 53.4 Å². The minimum atomic E-state index is -0.270. The van der Waals surface area contributed by atoms with E-state index < -0.39 is 0 Å². The zero-order valence-electron chi connectivity index (χ0n) is 15.4. The van der Waals surface area contributed by atoms with Crippen LogP contribution in [0.3, 0.4) is 0 Å². The van der Waals surface area contributed by atoms with Crippen LogP contribution in [0.25, 0.3) is 0 Å². The molecule has 134 valence electrons. The fourth-order valence-corrected chi connectivity index (χ4v) is 3.32. The van der Waals surface area contributed by atoms with Gasteiger partial charge in [0.25, 0.3) is 0 Å². The first kappa shape index (κ1) is 19.1. The van der Waals surface area contributed by atoms with Crippen molar-refractivity contribution in [3.05, 3.63) is 47.3 Å². The van der Waals surface area contributed by atoms with E-state index in [9.17, 15) is 19.5 Å². The first-order chi connectivity index (χ1) is 11.5. The van der Waals surface area contributed by atoms with E-state index in [0.29, 0.717) is 31.3 Å². The Kier molecular flexibility index (Phi) is 5.31. The van der Waals surface area contributed by atoms with E-state index in [1.165, 1.54) is 6.08 Å². The van der Waals surface area contributed by atoms with Gasteiger partial charge in [0.1, 0.15) is 5.76 Å². The third kappa shape index (κ3) is 4.88. The average Bonchev–Trinajstić information content (AvgIpc) is 2.40. The molecule has 0 unspecified atom stereocenters. The van der Waals surface area contributed by atoms with Crippen LogP contribution in [-0.4, -0.2) is 22.5 Å². The first-order valence-corrected chi connectivity index (χ1v) is 8.58. The lowest BCUT2D eigenvalue weighted by Gasteiger charge is -2.28. The highest BCUT2D eigenvalue weighted by Gasteiger charge is 2.35. The van der Waals surface area contributed by atoms with Crippen molar-refractivity contribution in [2.75, 3.05) is 0 Å². The van der Waals surface area contributed by atoms with Crippen molar-refractivity contribution in [3.8, 4) is 0 Å². The van der Waals surface area contributed by atoms with Crippen LogP contribution in [0.2, 0.25) is 0 Å². The molecule has 0 atom stereocenters. The van der Waals surface area contributed by atoms with Crippen LogP contribution in [0.5, 0.6) is 0 Å². The molecule has 4 nitrogen and oxygen atoms in total. The topological polar surface area (TPSA) is 71.4 Å². The molecule has 0 radical (unpaired) electrons. The van der Waals surface area contributed by atoms with Gasteiger partial charge in [-0.2, -0.15) is 0 Å². The van der Waals surface area contributed by atoms with Gasteiger partial charge in [-0.15, -0.1) is 0 Å². The Morgan fingerprint density at radius 2 is 1.28 bits per heavy atom. The quantitative estimate of drug-likeness (QED) is 0.474. The maximum atomic E-state index is 12.1. The van der Waals surface area contributed by atoms with E-state index >= 15 is 0 Å². The van der Waals surface area contributed by atoms with Gasteiger partial charge in [-0.3, -0.25) is 14.4 Å². The lowest BCUT2D eigenvalue weighted by Crippen LogP contribution is -2.31. The molecule has 0 aromatic carbocycles. The van der Waals surface area contributed by atoms with Crippen LogP contribution in [0, 0.1) is 10.8 Å². The number of allylic oxidation sites excluding steroid dienone is 8. The number of hydrogen-bond donors (Lipinski definition) is 1. The number of aliphatic hydroxyl groups is 1. The van der Waals surface area contributed by atoms with Crippen molar-refractivity contribution in [3.63, 3.8) is 0 Å². The molecule has 1 fully saturated rings. The van der Waals surface area contributed by atoms with Crippen molar-refractivity contribution < 1.29 is 19.5 Å². The molecular weight excluding hydrogens is 316 g/mol. The lowest BCUT2D eigenvalue weighted by molar-refractivity contribution is -0.127. The molecule has 0 aliphatic heterocycles. The number of rotatable bonds is 3. The molecule has 0 aromatic rings. The van der Waals surface area contributed by atoms with Crippen LogP contribution >= 0.6 is 0 Å². The number of carbonyl (C=O) groups excluding carboxylic acids is 3. The Labute approximate surface area is 149 Å². The Morgan fingerprint density at radius 3 is 1.84 bits per heavy atom. The van der Waals surface area contributed by atoms with E-state index in [1.54, 1.807) is 24.3 Å². The minimum absolute atomic E-state index is 0.0726. The molecule has 0 saturated heterocycles. The standard InChI is InChI=1S/C21H26O4/c1-20(2)10-16(22)14(17(23)11-20)8-6-5-7-9-15-18(24)12-21(3,4)13-19(15)25/h5-9,22H,10-13H2,1-4H3. The van der Waals surface area contributed by atoms with Crippen molar-refractivity contribution in [1.82, 2.24) is 0 Å². The normalized spacial score (nSPS) is 23.8. The molecule has 0 bridgehead atoms. The second-order valence-electron chi connectivity index (χ2n) is 8.49. The summed E-state index contributed by atoms with van der Waals surface area (Å²) in [4.78, 5) is 36.2. The van der Waals surface area contributed by atoms with Gasteiger partial charge in [0.2, 0.25) is 0 Å². The van der Waals surface area contributed by atoms with Gasteiger partial charge >= 0.3 is 0 Å². The summed E-state index contributed by atoms with van der Waals surface area (Å²) < 4.78 is 0. The summed E-state index contributed by atoms with van der Waals surface area (Å²) in [5.41, 5.74) is 0.0902. The highest BCUT2D eigenvalue weighted by atomic mass is 16.3. The number of carbonyl (C=O) groups is 3. The van der Waals surface area contributed by atoms with Gasteiger partial charge < -0.3 is 5.11 Å². The predicted molar refractivity (Wildman–Crippen MR) is 97.1 cm³/mol. The van der Waals surface area contributed by atoms with Crippen LogP contribution in [0.4, 0.5) is 0 Å². The molecule has 1 saturated carbocycles. The zero-order valence-corrected chi connectivity index (χ0v) is 15.4. The summed E-state index contributed by atoms with van der Waals surface area (Å²) in [5.74, 6) is -0.208. The SMILES string of the molecule is CC1(C)CC(=O)C(=CC=CC=CC2=C(O)CC(C)(C)CC2=O)C(=O)C1. The van der Waals surface area contributed by atoms with Crippen LogP contribution < -0.4 is 0 Å². The fraction of sp³-hybridized carbons (Fsp3) is 0.476. The third-order valence-corrected chi connectivity index (χ3v) is 4.52. The van der Waals surface area contributed by atoms with E-state index in [2.05, 4.69) is 0 Å². The summed E-state index contributed by atoms with van der Waals surface area (Å²) in [6.45, 7) is 7.74. The van der Waals surface area contributed by atoms with Gasteiger partial charge in [-0.05, 0) is 23.0 Å². The van der Waals surface area contributed by atoms with Crippen molar-refractivity contribution in [1.29, 1.82) is 0 Å². The smallest absolute Gasteiger partial charge is 0.166 e. The highest BCUT2D eigenvalue weighted by Crippen LogP contribution is 2.36. The van der Waals surface area contributed by atoms with E-state index in [-0.39, 0.29) is 39.5 Å². The van der Waals surface area contributed by atoms with Crippen molar-refractivity contribution >= 4 is 17.3 Å². The van der Waals surface area contributed by atoms with Crippen LogP contribution in [-0.2, 0) is 14.4 Å². The summed E-state index contributed by atoms with van der Waals surface area (Å²) in [5, 5.41) is 10.0. The average molecular weight is 342 g/mol.